The molecule has 1 aliphatic rings. The number of aryl methyl sites for hydroxylation is 1. The van der Waals surface area contributed by atoms with Gasteiger partial charge in [-0.25, -0.2) is 0 Å². The van der Waals surface area contributed by atoms with Gasteiger partial charge in [-0.2, -0.15) is 0 Å². The third-order valence-electron chi connectivity index (χ3n) is 4.92. The molecule has 0 unspecified atom stereocenters. The van der Waals surface area contributed by atoms with Crippen LogP contribution < -0.4 is 0 Å². The number of pyridine rings is 1. The standard InChI is InChI=1S/C21H25N3O2/c1-16-8-6-12-22-19(16)15-23(14-18-9-4-3-5-10-18)21(26)17(2)24-13-7-11-20(24)25/h3-6,8-10,12,17H,7,11,13-15H2,1-2H3/t17-/m1/s1. The monoisotopic (exact) mass is 351 g/mol. The quantitative estimate of drug-likeness (QED) is 0.804. The van der Waals surface area contributed by atoms with Gasteiger partial charge in [-0.15, -0.1) is 0 Å². The summed E-state index contributed by atoms with van der Waals surface area (Å²) in [6.07, 6.45) is 3.12. The fourth-order valence-electron chi connectivity index (χ4n) is 3.36. The molecule has 0 N–H and O–H groups in total. The smallest absolute Gasteiger partial charge is 0.245 e. The summed E-state index contributed by atoms with van der Waals surface area (Å²) in [7, 11) is 0. The van der Waals surface area contributed by atoms with Crippen LogP contribution in [0.4, 0.5) is 0 Å². The molecule has 2 heterocycles. The van der Waals surface area contributed by atoms with E-state index < -0.39 is 6.04 Å². The van der Waals surface area contributed by atoms with Gasteiger partial charge < -0.3 is 9.80 Å². The molecule has 3 rings (SSSR count). The van der Waals surface area contributed by atoms with E-state index in [1.54, 1.807) is 16.0 Å². The molecule has 2 aromatic rings. The Morgan fingerprint density at radius 2 is 1.96 bits per heavy atom. The van der Waals surface area contributed by atoms with E-state index >= 15 is 0 Å². The van der Waals surface area contributed by atoms with Crippen molar-refractivity contribution >= 4 is 11.8 Å². The molecule has 0 spiro atoms. The van der Waals surface area contributed by atoms with Crippen molar-refractivity contribution < 1.29 is 9.59 Å². The zero-order chi connectivity index (χ0) is 18.5. The number of amides is 2. The molecule has 1 fully saturated rings. The largest absolute Gasteiger partial charge is 0.331 e. The third-order valence-corrected chi connectivity index (χ3v) is 4.92. The van der Waals surface area contributed by atoms with E-state index in [0.717, 1.165) is 23.2 Å². The summed E-state index contributed by atoms with van der Waals surface area (Å²) in [4.78, 5) is 33.2. The van der Waals surface area contributed by atoms with Crippen LogP contribution in [0, 0.1) is 6.92 Å². The van der Waals surface area contributed by atoms with E-state index in [2.05, 4.69) is 4.98 Å². The van der Waals surface area contributed by atoms with Crippen molar-refractivity contribution in [1.29, 1.82) is 0 Å². The maximum absolute atomic E-state index is 13.2. The maximum atomic E-state index is 13.2. The number of aromatic nitrogens is 1. The van der Waals surface area contributed by atoms with Crippen LogP contribution in [0.15, 0.2) is 48.7 Å². The predicted molar refractivity (Wildman–Crippen MR) is 100 cm³/mol. The van der Waals surface area contributed by atoms with E-state index in [1.807, 2.05) is 56.3 Å². The second-order valence-corrected chi connectivity index (χ2v) is 6.81. The van der Waals surface area contributed by atoms with E-state index in [1.165, 1.54) is 0 Å². The van der Waals surface area contributed by atoms with Gasteiger partial charge in [0.25, 0.3) is 0 Å². The van der Waals surface area contributed by atoms with Crippen LogP contribution in [0.25, 0.3) is 0 Å². The summed E-state index contributed by atoms with van der Waals surface area (Å²) >= 11 is 0. The molecule has 0 aliphatic carbocycles. The molecule has 5 heteroatoms. The topological polar surface area (TPSA) is 53.5 Å². The number of hydrogen-bond donors (Lipinski definition) is 0. The second-order valence-electron chi connectivity index (χ2n) is 6.81. The summed E-state index contributed by atoms with van der Waals surface area (Å²) in [5.41, 5.74) is 3.01. The van der Waals surface area contributed by atoms with Crippen molar-refractivity contribution in [3.8, 4) is 0 Å². The highest BCUT2D eigenvalue weighted by molar-refractivity contribution is 5.88. The number of likely N-dealkylation sites (tertiary alicyclic amines) is 1. The van der Waals surface area contributed by atoms with Crippen LogP contribution in [0.2, 0.25) is 0 Å². The molecule has 1 saturated heterocycles. The minimum atomic E-state index is -0.447. The Labute approximate surface area is 154 Å². The lowest BCUT2D eigenvalue weighted by Crippen LogP contribution is -2.47. The summed E-state index contributed by atoms with van der Waals surface area (Å²) in [6.45, 7) is 5.43. The first-order valence-electron chi connectivity index (χ1n) is 9.09. The van der Waals surface area contributed by atoms with Crippen molar-refractivity contribution in [2.24, 2.45) is 0 Å². The molecule has 136 valence electrons. The van der Waals surface area contributed by atoms with Crippen LogP contribution in [0.3, 0.4) is 0 Å². The molecule has 0 saturated carbocycles. The minimum absolute atomic E-state index is 0.0332. The number of nitrogens with zero attached hydrogens (tertiary/aromatic N) is 3. The Balaban J connectivity index is 1.83. The molecule has 2 amide bonds. The predicted octanol–water partition coefficient (Wildman–Crippen LogP) is 2.93. The highest BCUT2D eigenvalue weighted by Crippen LogP contribution is 2.18. The Kier molecular flexibility index (Phi) is 5.66. The van der Waals surface area contributed by atoms with Gasteiger partial charge in [0.15, 0.2) is 0 Å². The number of benzene rings is 1. The highest BCUT2D eigenvalue weighted by atomic mass is 16.2. The summed E-state index contributed by atoms with van der Waals surface area (Å²) in [5, 5.41) is 0. The SMILES string of the molecule is Cc1cccnc1CN(Cc1ccccc1)C(=O)[C@@H](C)N1CCCC1=O. The first kappa shape index (κ1) is 18.1. The molecule has 1 atom stereocenters. The Morgan fingerprint density at radius 1 is 1.19 bits per heavy atom. The van der Waals surface area contributed by atoms with Gasteiger partial charge in [0.2, 0.25) is 11.8 Å². The van der Waals surface area contributed by atoms with Gasteiger partial charge in [0.05, 0.1) is 12.2 Å². The Hall–Kier alpha value is -2.69. The first-order valence-corrected chi connectivity index (χ1v) is 9.09. The van der Waals surface area contributed by atoms with Gasteiger partial charge in [-0.3, -0.25) is 14.6 Å². The average Bonchev–Trinajstić information content (AvgIpc) is 3.08. The van der Waals surface area contributed by atoms with Gasteiger partial charge in [0.1, 0.15) is 6.04 Å². The van der Waals surface area contributed by atoms with E-state index in [0.29, 0.717) is 26.1 Å². The molecule has 26 heavy (non-hydrogen) atoms. The summed E-state index contributed by atoms with van der Waals surface area (Å²) in [6, 6.07) is 13.4. The number of carbonyl (C=O) groups excluding carboxylic acids is 2. The van der Waals surface area contributed by atoms with Gasteiger partial charge >= 0.3 is 0 Å². The molecule has 1 aromatic heterocycles. The first-order chi connectivity index (χ1) is 12.6. The normalized spacial score (nSPS) is 15.2. The average molecular weight is 351 g/mol. The van der Waals surface area contributed by atoms with Crippen molar-refractivity contribution in [3.63, 3.8) is 0 Å². The lowest BCUT2D eigenvalue weighted by atomic mass is 10.1. The van der Waals surface area contributed by atoms with Crippen LogP contribution in [-0.2, 0) is 22.7 Å². The van der Waals surface area contributed by atoms with E-state index in [9.17, 15) is 9.59 Å². The zero-order valence-electron chi connectivity index (χ0n) is 15.4. The van der Waals surface area contributed by atoms with Gasteiger partial charge in [-0.05, 0) is 37.5 Å². The number of hydrogen-bond acceptors (Lipinski definition) is 3. The van der Waals surface area contributed by atoms with Gasteiger partial charge in [0, 0.05) is 25.7 Å². The Bertz CT molecular complexity index is 776. The lowest BCUT2D eigenvalue weighted by molar-refractivity contribution is -0.143. The molecule has 0 bridgehead atoms. The highest BCUT2D eigenvalue weighted by Gasteiger charge is 2.32. The zero-order valence-corrected chi connectivity index (χ0v) is 15.4. The molecule has 5 nitrogen and oxygen atoms in total. The number of carbonyl (C=O) groups is 2. The molecular weight excluding hydrogens is 326 g/mol. The molecular formula is C21H25N3O2. The number of rotatable bonds is 6. The van der Waals surface area contributed by atoms with Gasteiger partial charge in [-0.1, -0.05) is 36.4 Å². The fraction of sp³-hybridized carbons (Fsp3) is 0.381. The fourth-order valence-corrected chi connectivity index (χ4v) is 3.36. The molecule has 1 aliphatic heterocycles. The van der Waals surface area contributed by atoms with Crippen molar-refractivity contribution in [2.45, 2.75) is 45.8 Å². The van der Waals surface area contributed by atoms with Crippen molar-refractivity contribution in [3.05, 3.63) is 65.5 Å². The maximum Gasteiger partial charge on any atom is 0.245 e. The van der Waals surface area contributed by atoms with Crippen LogP contribution in [-0.4, -0.2) is 39.2 Å². The summed E-state index contributed by atoms with van der Waals surface area (Å²) in [5.74, 6) is 0.0358. The van der Waals surface area contributed by atoms with E-state index in [4.69, 9.17) is 0 Å². The van der Waals surface area contributed by atoms with Crippen LogP contribution >= 0.6 is 0 Å². The second kappa shape index (κ2) is 8.13. The van der Waals surface area contributed by atoms with Crippen LogP contribution in [0.1, 0.15) is 36.6 Å². The lowest BCUT2D eigenvalue weighted by Gasteiger charge is -2.30. The van der Waals surface area contributed by atoms with E-state index in [-0.39, 0.29) is 11.8 Å². The van der Waals surface area contributed by atoms with Crippen LogP contribution in [0.5, 0.6) is 0 Å². The van der Waals surface area contributed by atoms with Crippen molar-refractivity contribution in [1.82, 2.24) is 14.8 Å². The van der Waals surface area contributed by atoms with Crippen molar-refractivity contribution in [2.75, 3.05) is 6.54 Å². The third kappa shape index (κ3) is 4.10. The molecule has 0 radical (unpaired) electrons. The summed E-state index contributed by atoms with van der Waals surface area (Å²) < 4.78 is 0. The molecule has 1 aromatic carbocycles. The Morgan fingerprint density at radius 3 is 2.62 bits per heavy atom. The minimum Gasteiger partial charge on any atom is -0.331 e.